The monoisotopic (exact) mass is 614 g/mol. The summed E-state index contributed by atoms with van der Waals surface area (Å²) in [6.45, 7) is 1.12. The van der Waals surface area contributed by atoms with Gasteiger partial charge in [-0.2, -0.15) is 20.1 Å². The summed E-state index contributed by atoms with van der Waals surface area (Å²) in [6.07, 6.45) is 5.46. The summed E-state index contributed by atoms with van der Waals surface area (Å²) in [6, 6.07) is 27.2. The molecule has 0 aliphatic heterocycles. The second kappa shape index (κ2) is 13.7. The molecular formula is C31H28Cl2N8O2. The maximum Gasteiger partial charge on any atom is 0.250 e. The molecule has 0 spiro atoms. The van der Waals surface area contributed by atoms with E-state index in [1.165, 1.54) is 0 Å². The highest BCUT2D eigenvalue weighted by Gasteiger charge is 2.10. The van der Waals surface area contributed by atoms with E-state index in [9.17, 15) is 0 Å². The van der Waals surface area contributed by atoms with Crippen LogP contribution >= 0.6 is 24.0 Å². The number of anilines is 4. The van der Waals surface area contributed by atoms with E-state index < -0.39 is 0 Å². The Morgan fingerprint density at radius 1 is 0.907 bits per heavy atom. The Bertz CT molecular complexity index is 1810. The molecule has 10 nitrogen and oxygen atoms in total. The second-order valence-corrected chi connectivity index (χ2v) is 9.76. The molecule has 6 rings (SSSR count). The Balaban J connectivity index is 0.00000368. The van der Waals surface area contributed by atoms with Crippen LogP contribution in [0.15, 0.2) is 107 Å². The molecule has 0 aliphatic rings. The molecule has 0 radical (unpaired) electrons. The summed E-state index contributed by atoms with van der Waals surface area (Å²) < 4.78 is 12.9. The number of hydrogen-bond donors (Lipinski definition) is 3. The molecular weight excluding hydrogens is 587 g/mol. The van der Waals surface area contributed by atoms with E-state index in [0.717, 1.165) is 44.2 Å². The van der Waals surface area contributed by atoms with E-state index in [0.29, 0.717) is 25.0 Å². The first-order valence-electron chi connectivity index (χ1n) is 13.2. The van der Waals surface area contributed by atoms with Crippen LogP contribution in [0.4, 0.5) is 23.5 Å². The Morgan fingerprint density at radius 3 is 2.44 bits per heavy atom. The lowest BCUT2D eigenvalue weighted by atomic mass is 10.2. The first kappa shape index (κ1) is 29.4. The van der Waals surface area contributed by atoms with Gasteiger partial charge in [0.25, 0.3) is 0 Å². The second-order valence-electron chi connectivity index (χ2n) is 9.32. The molecule has 43 heavy (non-hydrogen) atoms. The minimum Gasteiger partial charge on any atom is -0.497 e. The third-order valence-corrected chi connectivity index (χ3v) is 6.69. The minimum absolute atomic E-state index is 0. The van der Waals surface area contributed by atoms with Crippen LogP contribution in [0.1, 0.15) is 16.9 Å². The lowest BCUT2D eigenvalue weighted by Gasteiger charge is -2.10. The highest BCUT2D eigenvalue weighted by molar-refractivity contribution is 6.30. The summed E-state index contributed by atoms with van der Waals surface area (Å²) in [4.78, 5) is 13.5. The fourth-order valence-electron chi connectivity index (χ4n) is 4.40. The number of fused-ring (bicyclic) bond motifs is 1. The van der Waals surface area contributed by atoms with Crippen molar-refractivity contribution in [1.82, 2.24) is 19.5 Å². The number of nitrogens with one attached hydrogen (secondary N) is 3. The number of halogens is 2. The summed E-state index contributed by atoms with van der Waals surface area (Å²) in [5.74, 6) is 2.47. The van der Waals surface area contributed by atoms with Gasteiger partial charge >= 0.3 is 0 Å². The number of aromatic nitrogens is 4. The van der Waals surface area contributed by atoms with Gasteiger partial charge in [0.05, 0.1) is 26.1 Å². The molecule has 0 saturated heterocycles. The molecule has 218 valence electrons. The molecule has 12 heteroatoms. The summed E-state index contributed by atoms with van der Waals surface area (Å²) >= 11 is 6.07. The topological polar surface area (TPSA) is 114 Å². The van der Waals surface area contributed by atoms with E-state index in [1.807, 2.05) is 72.8 Å². The van der Waals surface area contributed by atoms with Crippen molar-refractivity contribution in [2.45, 2.75) is 13.1 Å². The standard InChI is InChI=1S/C31H27ClN8O2.ClH/c1-41-25-14-12-24(13-15-25)35-30-36-29(33-18-26-5-4-16-42-26)37-31(38-30)39-34-17-22-20-40(28-7-3-2-6-27(22)28)19-21-8-10-23(32)11-9-21;/h2-17,20H,18-19H2,1H3,(H3,33,35,36,37,38,39);1H/b34-17+;. The lowest BCUT2D eigenvalue weighted by molar-refractivity contribution is 0.415. The van der Waals surface area contributed by atoms with E-state index >= 15 is 0 Å². The number of hydrazone groups is 1. The minimum atomic E-state index is 0. The SMILES string of the molecule is COc1ccc(Nc2nc(NCc3ccco3)nc(N/N=C/c3cn(Cc4ccc(Cl)cc4)c4ccccc34)n2)cc1.Cl. The molecule has 3 N–H and O–H groups in total. The van der Waals surface area contributed by atoms with Gasteiger partial charge in [0.1, 0.15) is 11.5 Å². The van der Waals surface area contributed by atoms with Crippen LogP contribution in [-0.4, -0.2) is 32.8 Å². The first-order chi connectivity index (χ1) is 20.6. The Morgan fingerprint density at radius 2 is 1.67 bits per heavy atom. The van der Waals surface area contributed by atoms with Crippen molar-refractivity contribution >= 4 is 64.7 Å². The fraction of sp³-hybridized carbons (Fsp3) is 0.0968. The van der Waals surface area contributed by atoms with Gasteiger partial charge in [-0.15, -0.1) is 12.4 Å². The number of rotatable bonds is 11. The molecule has 3 aromatic heterocycles. The van der Waals surface area contributed by atoms with Crippen molar-refractivity contribution in [1.29, 1.82) is 0 Å². The zero-order valence-corrected chi connectivity index (χ0v) is 24.6. The Hall–Kier alpha value is -5.06. The number of furan rings is 1. The number of nitrogens with zero attached hydrogens (tertiary/aromatic N) is 5. The zero-order chi connectivity index (χ0) is 28.7. The molecule has 0 aliphatic carbocycles. The van der Waals surface area contributed by atoms with Crippen LogP contribution < -0.4 is 20.8 Å². The fourth-order valence-corrected chi connectivity index (χ4v) is 4.52. The van der Waals surface area contributed by atoms with E-state index in [2.05, 4.69) is 59.0 Å². The molecule has 3 aromatic carbocycles. The van der Waals surface area contributed by atoms with Gasteiger partial charge in [-0.1, -0.05) is 41.9 Å². The average Bonchev–Trinajstić information content (AvgIpc) is 3.66. The van der Waals surface area contributed by atoms with Crippen molar-refractivity contribution in [2.24, 2.45) is 5.10 Å². The van der Waals surface area contributed by atoms with Crippen molar-refractivity contribution in [3.63, 3.8) is 0 Å². The van der Waals surface area contributed by atoms with Gasteiger partial charge in [0.2, 0.25) is 17.8 Å². The maximum absolute atomic E-state index is 6.07. The van der Waals surface area contributed by atoms with Crippen LogP contribution in [0.5, 0.6) is 5.75 Å². The molecule has 0 unspecified atom stereocenters. The number of benzene rings is 3. The number of para-hydroxylation sites is 1. The molecule has 0 atom stereocenters. The van der Waals surface area contributed by atoms with Crippen molar-refractivity contribution in [2.75, 3.05) is 23.2 Å². The van der Waals surface area contributed by atoms with Crippen LogP contribution in [0.25, 0.3) is 10.9 Å². The van der Waals surface area contributed by atoms with Gasteiger partial charge in [-0.3, -0.25) is 0 Å². The summed E-state index contributed by atoms with van der Waals surface area (Å²) in [5.41, 5.74) is 6.96. The summed E-state index contributed by atoms with van der Waals surface area (Å²) in [5, 5.41) is 12.6. The zero-order valence-electron chi connectivity index (χ0n) is 23.1. The van der Waals surface area contributed by atoms with Gasteiger partial charge in [0, 0.05) is 39.9 Å². The summed E-state index contributed by atoms with van der Waals surface area (Å²) in [7, 11) is 1.63. The number of hydrogen-bond acceptors (Lipinski definition) is 9. The quantitative estimate of drug-likeness (QED) is 0.102. The molecule has 0 amide bonds. The average molecular weight is 616 g/mol. The first-order valence-corrected chi connectivity index (χ1v) is 13.6. The Labute approximate surface area is 259 Å². The van der Waals surface area contributed by atoms with Crippen molar-refractivity contribution in [3.8, 4) is 5.75 Å². The predicted molar refractivity (Wildman–Crippen MR) is 173 cm³/mol. The highest BCUT2D eigenvalue weighted by Crippen LogP contribution is 2.23. The lowest BCUT2D eigenvalue weighted by Crippen LogP contribution is -2.09. The molecule has 3 heterocycles. The largest absolute Gasteiger partial charge is 0.497 e. The third kappa shape index (κ3) is 7.42. The van der Waals surface area contributed by atoms with Crippen LogP contribution in [0.2, 0.25) is 5.02 Å². The third-order valence-electron chi connectivity index (χ3n) is 6.44. The van der Waals surface area contributed by atoms with Gasteiger partial charge in [0.15, 0.2) is 0 Å². The number of ether oxygens (including phenoxy) is 1. The van der Waals surface area contributed by atoms with Crippen LogP contribution in [-0.2, 0) is 13.1 Å². The van der Waals surface area contributed by atoms with Gasteiger partial charge in [-0.25, -0.2) is 5.43 Å². The predicted octanol–water partition coefficient (Wildman–Crippen LogP) is 7.35. The van der Waals surface area contributed by atoms with Crippen molar-refractivity contribution < 1.29 is 9.15 Å². The molecule has 0 bridgehead atoms. The highest BCUT2D eigenvalue weighted by atomic mass is 35.5. The normalized spacial score (nSPS) is 10.9. The van der Waals surface area contributed by atoms with Crippen molar-refractivity contribution in [3.05, 3.63) is 119 Å². The maximum atomic E-state index is 6.07. The van der Waals surface area contributed by atoms with E-state index in [4.69, 9.17) is 20.8 Å². The van der Waals surface area contributed by atoms with Crippen LogP contribution in [0.3, 0.4) is 0 Å². The van der Waals surface area contributed by atoms with Crippen LogP contribution in [0, 0.1) is 0 Å². The van der Waals surface area contributed by atoms with Gasteiger partial charge < -0.3 is 24.4 Å². The van der Waals surface area contributed by atoms with E-state index in [1.54, 1.807) is 19.6 Å². The number of methoxy groups -OCH3 is 1. The Kier molecular flexibility index (Phi) is 9.40. The molecule has 0 fully saturated rings. The molecule has 0 saturated carbocycles. The van der Waals surface area contributed by atoms with E-state index in [-0.39, 0.29) is 18.4 Å². The molecule has 6 aromatic rings. The van der Waals surface area contributed by atoms with Gasteiger partial charge in [-0.05, 0) is 60.2 Å². The smallest absolute Gasteiger partial charge is 0.250 e.